The largest absolute Gasteiger partial charge is 0.329 e. The Hall–Kier alpha value is -0.970. The lowest BCUT2D eigenvalue weighted by Crippen LogP contribution is -2.42. The van der Waals surface area contributed by atoms with Crippen LogP contribution in [0.1, 0.15) is 39.0 Å². The minimum atomic E-state index is -0.127. The van der Waals surface area contributed by atoms with E-state index in [-0.39, 0.29) is 5.91 Å². The third-order valence-electron chi connectivity index (χ3n) is 2.63. The zero-order valence-electron chi connectivity index (χ0n) is 8.25. The summed E-state index contributed by atoms with van der Waals surface area (Å²) in [5, 5.41) is 0. The van der Waals surface area contributed by atoms with Gasteiger partial charge in [-0.2, -0.15) is 0 Å². The third kappa shape index (κ3) is 2.48. The average molecular weight is 179 g/mol. The monoisotopic (exact) mass is 179 g/mol. The fourth-order valence-corrected chi connectivity index (χ4v) is 1.98. The first kappa shape index (κ1) is 10.1. The van der Waals surface area contributed by atoms with Crippen LogP contribution in [-0.4, -0.2) is 23.4 Å². The molecule has 13 heavy (non-hydrogen) atoms. The number of amides is 1. The average Bonchev–Trinajstić information content (AvgIpc) is 2.18. The topological polar surface area (TPSA) is 20.3 Å². The first-order chi connectivity index (χ1) is 6.29. The van der Waals surface area contributed by atoms with Gasteiger partial charge >= 0.3 is 0 Å². The van der Waals surface area contributed by atoms with Gasteiger partial charge < -0.3 is 4.90 Å². The molecule has 0 saturated carbocycles. The van der Waals surface area contributed by atoms with Crippen molar-refractivity contribution in [3.05, 3.63) is 0 Å². The number of terminal acetylenes is 1. The normalized spacial score (nSPS) is 22.5. The maximum atomic E-state index is 11.3. The van der Waals surface area contributed by atoms with Crippen LogP contribution in [0.25, 0.3) is 0 Å². The van der Waals surface area contributed by atoms with Crippen molar-refractivity contribution >= 4 is 5.91 Å². The fraction of sp³-hybridized carbons (Fsp3) is 0.727. The van der Waals surface area contributed by atoms with Gasteiger partial charge in [-0.25, -0.2) is 0 Å². The lowest BCUT2D eigenvalue weighted by Gasteiger charge is -2.34. The van der Waals surface area contributed by atoms with E-state index in [4.69, 9.17) is 6.42 Å². The van der Waals surface area contributed by atoms with Gasteiger partial charge in [-0.3, -0.25) is 4.79 Å². The van der Waals surface area contributed by atoms with Crippen LogP contribution in [0.3, 0.4) is 0 Å². The van der Waals surface area contributed by atoms with Gasteiger partial charge in [-0.1, -0.05) is 13.3 Å². The lowest BCUT2D eigenvalue weighted by molar-refractivity contribution is -0.128. The zero-order chi connectivity index (χ0) is 9.68. The number of hydrogen-bond acceptors (Lipinski definition) is 1. The number of carbonyl (C=O) groups excluding carboxylic acids is 1. The molecule has 0 aromatic heterocycles. The molecule has 2 nitrogen and oxygen atoms in total. The van der Waals surface area contributed by atoms with Crippen molar-refractivity contribution in [1.82, 2.24) is 4.90 Å². The van der Waals surface area contributed by atoms with Crippen LogP contribution in [0.5, 0.6) is 0 Å². The van der Waals surface area contributed by atoms with E-state index < -0.39 is 0 Å². The predicted molar refractivity (Wildman–Crippen MR) is 53.1 cm³/mol. The van der Waals surface area contributed by atoms with Crippen molar-refractivity contribution in [2.24, 2.45) is 0 Å². The highest BCUT2D eigenvalue weighted by molar-refractivity contribution is 5.93. The molecule has 0 N–H and O–H groups in total. The van der Waals surface area contributed by atoms with E-state index in [0.717, 1.165) is 32.2 Å². The molecule has 0 bridgehead atoms. The third-order valence-corrected chi connectivity index (χ3v) is 2.63. The van der Waals surface area contributed by atoms with E-state index in [1.165, 1.54) is 6.42 Å². The number of carbonyl (C=O) groups is 1. The van der Waals surface area contributed by atoms with Gasteiger partial charge in [0, 0.05) is 12.6 Å². The van der Waals surface area contributed by atoms with Crippen molar-refractivity contribution in [3.8, 4) is 12.3 Å². The quantitative estimate of drug-likeness (QED) is 0.592. The Bertz CT molecular complexity index is 215. The van der Waals surface area contributed by atoms with Crippen LogP contribution in [0.4, 0.5) is 0 Å². The van der Waals surface area contributed by atoms with Crippen LogP contribution in [0.2, 0.25) is 0 Å². The molecular weight excluding hydrogens is 162 g/mol. The van der Waals surface area contributed by atoms with Gasteiger partial charge in [-0.05, 0) is 31.6 Å². The Kier molecular flexibility index (Phi) is 3.82. The number of hydrogen-bond donors (Lipinski definition) is 0. The van der Waals surface area contributed by atoms with Crippen molar-refractivity contribution in [1.29, 1.82) is 0 Å². The summed E-state index contributed by atoms with van der Waals surface area (Å²) in [5.41, 5.74) is 0. The fourth-order valence-electron chi connectivity index (χ4n) is 1.98. The molecule has 1 heterocycles. The van der Waals surface area contributed by atoms with Gasteiger partial charge in [0.15, 0.2) is 0 Å². The number of rotatable bonds is 2. The second kappa shape index (κ2) is 4.91. The Labute approximate surface area is 80.3 Å². The van der Waals surface area contributed by atoms with E-state index >= 15 is 0 Å². The van der Waals surface area contributed by atoms with Crippen LogP contribution in [-0.2, 0) is 4.79 Å². The van der Waals surface area contributed by atoms with Crippen LogP contribution in [0, 0.1) is 12.3 Å². The molecule has 1 fully saturated rings. The van der Waals surface area contributed by atoms with Crippen molar-refractivity contribution in [3.63, 3.8) is 0 Å². The summed E-state index contributed by atoms with van der Waals surface area (Å²) in [5.74, 6) is 2.08. The molecule has 1 aliphatic rings. The van der Waals surface area contributed by atoms with Crippen molar-refractivity contribution < 1.29 is 4.79 Å². The molecule has 72 valence electrons. The summed E-state index contributed by atoms with van der Waals surface area (Å²) in [4.78, 5) is 13.2. The molecule has 0 radical (unpaired) electrons. The second-order valence-corrected chi connectivity index (χ2v) is 3.58. The van der Waals surface area contributed by atoms with E-state index in [0.29, 0.717) is 6.04 Å². The maximum absolute atomic E-state index is 11.3. The summed E-state index contributed by atoms with van der Waals surface area (Å²) < 4.78 is 0. The highest BCUT2D eigenvalue weighted by Gasteiger charge is 2.24. The molecule has 1 saturated heterocycles. The van der Waals surface area contributed by atoms with Gasteiger partial charge in [-0.15, -0.1) is 6.42 Å². The number of piperidine rings is 1. The SMILES string of the molecule is C#CC(=O)N1CCCCC1CCC. The summed E-state index contributed by atoms with van der Waals surface area (Å²) in [7, 11) is 0. The highest BCUT2D eigenvalue weighted by atomic mass is 16.2. The van der Waals surface area contributed by atoms with Crippen molar-refractivity contribution in [2.45, 2.75) is 45.1 Å². The molecule has 0 aromatic carbocycles. The standard InChI is InChI=1S/C11H17NO/c1-3-7-10-8-5-6-9-12(10)11(13)4-2/h2,10H,3,5-9H2,1H3. The zero-order valence-corrected chi connectivity index (χ0v) is 8.25. The molecule has 0 aromatic rings. The second-order valence-electron chi connectivity index (χ2n) is 3.58. The van der Waals surface area contributed by atoms with E-state index in [1.807, 2.05) is 4.90 Å². The Morgan fingerprint density at radius 2 is 2.38 bits per heavy atom. The summed E-state index contributed by atoms with van der Waals surface area (Å²) in [6.07, 6.45) is 10.8. The van der Waals surface area contributed by atoms with Gasteiger partial charge in [0.05, 0.1) is 0 Å². The molecular formula is C11H17NO. The van der Waals surface area contributed by atoms with E-state index in [2.05, 4.69) is 12.8 Å². The molecule has 1 amide bonds. The lowest BCUT2D eigenvalue weighted by atomic mass is 9.98. The van der Waals surface area contributed by atoms with Gasteiger partial charge in [0.25, 0.3) is 5.91 Å². The summed E-state index contributed by atoms with van der Waals surface area (Å²) in [6, 6.07) is 0.405. The maximum Gasteiger partial charge on any atom is 0.298 e. The summed E-state index contributed by atoms with van der Waals surface area (Å²) >= 11 is 0. The number of likely N-dealkylation sites (tertiary alicyclic amines) is 1. The molecule has 1 rings (SSSR count). The first-order valence-electron chi connectivity index (χ1n) is 5.06. The number of nitrogens with zero attached hydrogens (tertiary/aromatic N) is 1. The molecule has 2 heteroatoms. The minimum absolute atomic E-state index is 0.127. The molecule has 1 atom stereocenters. The smallest absolute Gasteiger partial charge is 0.298 e. The van der Waals surface area contributed by atoms with Crippen LogP contribution >= 0.6 is 0 Å². The molecule has 0 spiro atoms. The van der Waals surface area contributed by atoms with E-state index in [1.54, 1.807) is 0 Å². The Balaban J connectivity index is 2.57. The molecule has 1 unspecified atom stereocenters. The minimum Gasteiger partial charge on any atom is -0.329 e. The van der Waals surface area contributed by atoms with E-state index in [9.17, 15) is 4.79 Å². The highest BCUT2D eigenvalue weighted by Crippen LogP contribution is 2.20. The van der Waals surface area contributed by atoms with Crippen LogP contribution in [0.15, 0.2) is 0 Å². The van der Waals surface area contributed by atoms with Crippen LogP contribution < -0.4 is 0 Å². The molecule has 0 aliphatic carbocycles. The molecule has 1 aliphatic heterocycles. The Morgan fingerprint density at radius 1 is 1.62 bits per heavy atom. The predicted octanol–water partition coefficient (Wildman–Crippen LogP) is 1.80. The first-order valence-corrected chi connectivity index (χ1v) is 5.06. The van der Waals surface area contributed by atoms with Gasteiger partial charge in [0.2, 0.25) is 0 Å². The Morgan fingerprint density at radius 3 is 3.00 bits per heavy atom. The van der Waals surface area contributed by atoms with Crippen molar-refractivity contribution in [2.75, 3.05) is 6.54 Å². The van der Waals surface area contributed by atoms with Gasteiger partial charge in [0.1, 0.15) is 0 Å². The summed E-state index contributed by atoms with van der Waals surface area (Å²) in [6.45, 7) is 3.00.